The summed E-state index contributed by atoms with van der Waals surface area (Å²) in [6.45, 7) is 4.94. The molecule has 0 aliphatic carbocycles. The first-order valence-corrected chi connectivity index (χ1v) is 6.43. The second kappa shape index (κ2) is 6.18. The van der Waals surface area contributed by atoms with E-state index in [2.05, 4.69) is 9.97 Å². The number of halogens is 1. The molecule has 106 valence electrons. The van der Waals surface area contributed by atoms with Gasteiger partial charge in [0.15, 0.2) is 5.82 Å². The maximum Gasteiger partial charge on any atom is 0.242 e. The first kappa shape index (κ1) is 14.0. The molecule has 20 heavy (non-hydrogen) atoms. The third kappa shape index (κ3) is 2.79. The van der Waals surface area contributed by atoms with Crippen LogP contribution in [-0.2, 0) is 0 Å². The van der Waals surface area contributed by atoms with Crippen LogP contribution in [0.1, 0.15) is 13.8 Å². The highest BCUT2D eigenvalue weighted by Gasteiger charge is 2.16. The van der Waals surface area contributed by atoms with Crippen molar-refractivity contribution in [2.24, 2.45) is 0 Å². The average Bonchev–Trinajstić information content (AvgIpc) is 2.46. The molecule has 0 aliphatic rings. The molecule has 1 aromatic carbocycles. The Balaban J connectivity index is 2.41. The van der Waals surface area contributed by atoms with Crippen LogP contribution >= 0.6 is 0 Å². The fraction of sp³-hybridized carbons (Fsp3) is 0.286. The highest BCUT2D eigenvalue weighted by molar-refractivity contribution is 5.74. The molecule has 0 amide bonds. The zero-order valence-corrected chi connectivity index (χ0v) is 11.5. The molecule has 6 heteroatoms. The van der Waals surface area contributed by atoms with Crippen LogP contribution in [-0.4, -0.2) is 23.1 Å². The molecular formula is C14H17FN4O. The summed E-state index contributed by atoms with van der Waals surface area (Å²) in [5.74, 6) is 0.631. The van der Waals surface area contributed by atoms with Gasteiger partial charge < -0.3 is 15.4 Å². The lowest BCUT2D eigenvalue weighted by Crippen LogP contribution is -2.19. The summed E-state index contributed by atoms with van der Waals surface area (Å²) in [6, 6.07) is 6.17. The number of rotatable bonds is 5. The minimum absolute atomic E-state index is 0.282. The molecule has 0 saturated carbocycles. The molecule has 0 saturated heterocycles. The van der Waals surface area contributed by atoms with Gasteiger partial charge in [0.05, 0.1) is 6.61 Å². The first-order chi connectivity index (χ1) is 9.67. The van der Waals surface area contributed by atoms with Gasteiger partial charge in [-0.15, -0.1) is 0 Å². The van der Waals surface area contributed by atoms with Gasteiger partial charge in [-0.05, 0) is 38.1 Å². The van der Waals surface area contributed by atoms with Crippen LogP contribution in [0.3, 0.4) is 0 Å². The van der Waals surface area contributed by atoms with E-state index in [4.69, 9.17) is 10.5 Å². The summed E-state index contributed by atoms with van der Waals surface area (Å²) in [4.78, 5) is 10.1. The predicted molar refractivity (Wildman–Crippen MR) is 76.7 cm³/mol. The van der Waals surface area contributed by atoms with Gasteiger partial charge in [-0.2, -0.15) is 4.98 Å². The molecule has 0 radical (unpaired) electrons. The lowest BCUT2D eigenvalue weighted by molar-refractivity contribution is 0.328. The van der Waals surface area contributed by atoms with Gasteiger partial charge in [-0.3, -0.25) is 0 Å². The van der Waals surface area contributed by atoms with Crippen LogP contribution in [0.25, 0.3) is 0 Å². The summed E-state index contributed by atoms with van der Waals surface area (Å²) in [5, 5.41) is 0. The van der Waals surface area contributed by atoms with Crippen LogP contribution < -0.4 is 15.4 Å². The van der Waals surface area contributed by atoms with Gasteiger partial charge in [-0.25, -0.2) is 9.37 Å². The minimum Gasteiger partial charge on any atom is -0.476 e. The molecule has 0 unspecified atom stereocenters. The SMILES string of the molecule is CCOc1ncnc(N(CC)c2ccc(F)cc2)c1N. The van der Waals surface area contributed by atoms with E-state index in [1.807, 2.05) is 18.7 Å². The maximum absolute atomic E-state index is 13.0. The fourth-order valence-electron chi connectivity index (χ4n) is 1.91. The predicted octanol–water partition coefficient (Wildman–Crippen LogP) is 2.75. The summed E-state index contributed by atoms with van der Waals surface area (Å²) < 4.78 is 18.4. The van der Waals surface area contributed by atoms with Gasteiger partial charge in [-0.1, -0.05) is 0 Å². The van der Waals surface area contributed by atoms with E-state index >= 15 is 0 Å². The molecule has 0 aliphatic heterocycles. The van der Waals surface area contributed by atoms with E-state index in [0.717, 1.165) is 5.69 Å². The van der Waals surface area contributed by atoms with Gasteiger partial charge in [0, 0.05) is 12.2 Å². The Bertz CT molecular complexity index is 574. The monoisotopic (exact) mass is 276 g/mol. The Morgan fingerprint density at radius 2 is 1.90 bits per heavy atom. The molecule has 2 aromatic rings. The zero-order chi connectivity index (χ0) is 14.5. The Kier molecular flexibility index (Phi) is 4.34. The van der Waals surface area contributed by atoms with Crippen molar-refractivity contribution in [1.29, 1.82) is 0 Å². The molecule has 0 fully saturated rings. The number of aromatic nitrogens is 2. The lowest BCUT2D eigenvalue weighted by atomic mass is 10.2. The highest BCUT2D eigenvalue weighted by Crippen LogP contribution is 2.32. The number of benzene rings is 1. The van der Waals surface area contributed by atoms with Crippen molar-refractivity contribution in [3.63, 3.8) is 0 Å². The van der Waals surface area contributed by atoms with Crippen LogP contribution in [0.15, 0.2) is 30.6 Å². The molecule has 1 aromatic heterocycles. The van der Waals surface area contributed by atoms with Crippen LogP contribution in [0.2, 0.25) is 0 Å². The van der Waals surface area contributed by atoms with Crippen LogP contribution in [0.5, 0.6) is 5.88 Å². The van der Waals surface area contributed by atoms with Crippen molar-refractivity contribution in [2.75, 3.05) is 23.8 Å². The Hall–Kier alpha value is -2.37. The van der Waals surface area contributed by atoms with Crippen LogP contribution in [0, 0.1) is 5.82 Å². The second-order valence-corrected chi connectivity index (χ2v) is 4.07. The Morgan fingerprint density at radius 3 is 2.50 bits per heavy atom. The van der Waals surface area contributed by atoms with E-state index < -0.39 is 0 Å². The largest absolute Gasteiger partial charge is 0.476 e. The van der Waals surface area contributed by atoms with Crippen LogP contribution in [0.4, 0.5) is 21.6 Å². The topological polar surface area (TPSA) is 64.3 Å². The molecule has 0 spiro atoms. The lowest BCUT2D eigenvalue weighted by Gasteiger charge is -2.23. The standard InChI is InChI=1S/C14H17FN4O/c1-3-19(11-7-5-10(15)6-8-11)13-12(16)14(20-4-2)18-9-17-13/h5-9H,3-4,16H2,1-2H3. The van der Waals surface area contributed by atoms with E-state index in [-0.39, 0.29) is 5.82 Å². The zero-order valence-electron chi connectivity index (χ0n) is 11.5. The van der Waals surface area contributed by atoms with E-state index in [0.29, 0.717) is 30.5 Å². The quantitative estimate of drug-likeness (QED) is 0.909. The molecule has 0 bridgehead atoms. The Morgan fingerprint density at radius 1 is 1.20 bits per heavy atom. The molecule has 1 heterocycles. The van der Waals surface area contributed by atoms with Crippen molar-refractivity contribution in [3.05, 3.63) is 36.4 Å². The Labute approximate surface area is 117 Å². The number of nitrogens with zero attached hydrogens (tertiary/aromatic N) is 3. The minimum atomic E-state index is -0.282. The second-order valence-electron chi connectivity index (χ2n) is 4.07. The van der Waals surface area contributed by atoms with E-state index in [1.54, 1.807) is 12.1 Å². The third-order valence-corrected chi connectivity index (χ3v) is 2.82. The summed E-state index contributed by atoms with van der Waals surface area (Å²) in [6.07, 6.45) is 1.41. The number of hydrogen-bond acceptors (Lipinski definition) is 5. The number of nitrogen functional groups attached to an aromatic ring is 1. The maximum atomic E-state index is 13.0. The number of anilines is 3. The summed E-state index contributed by atoms with van der Waals surface area (Å²) >= 11 is 0. The van der Waals surface area contributed by atoms with E-state index in [9.17, 15) is 4.39 Å². The van der Waals surface area contributed by atoms with Gasteiger partial charge in [0.1, 0.15) is 17.8 Å². The normalized spacial score (nSPS) is 10.3. The summed E-state index contributed by atoms with van der Waals surface area (Å²) in [5.41, 5.74) is 7.23. The van der Waals surface area contributed by atoms with Crippen molar-refractivity contribution in [2.45, 2.75) is 13.8 Å². The highest BCUT2D eigenvalue weighted by atomic mass is 19.1. The van der Waals surface area contributed by atoms with Crippen molar-refractivity contribution < 1.29 is 9.13 Å². The van der Waals surface area contributed by atoms with Crippen molar-refractivity contribution in [3.8, 4) is 5.88 Å². The van der Waals surface area contributed by atoms with Gasteiger partial charge >= 0.3 is 0 Å². The first-order valence-electron chi connectivity index (χ1n) is 6.43. The van der Waals surface area contributed by atoms with Crippen molar-refractivity contribution >= 4 is 17.2 Å². The van der Waals surface area contributed by atoms with Gasteiger partial charge in [0.25, 0.3) is 0 Å². The van der Waals surface area contributed by atoms with Crippen molar-refractivity contribution in [1.82, 2.24) is 9.97 Å². The smallest absolute Gasteiger partial charge is 0.242 e. The summed E-state index contributed by atoms with van der Waals surface area (Å²) in [7, 11) is 0. The third-order valence-electron chi connectivity index (χ3n) is 2.82. The molecule has 2 N–H and O–H groups in total. The van der Waals surface area contributed by atoms with E-state index in [1.165, 1.54) is 18.5 Å². The number of hydrogen-bond donors (Lipinski definition) is 1. The van der Waals surface area contributed by atoms with Gasteiger partial charge in [0.2, 0.25) is 5.88 Å². The molecule has 0 atom stereocenters. The molecule has 5 nitrogen and oxygen atoms in total. The molecule has 2 rings (SSSR count). The molecular weight excluding hydrogens is 259 g/mol. The number of nitrogens with two attached hydrogens (primary N) is 1. The fourth-order valence-corrected chi connectivity index (χ4v) is 1.91. The average molecular weight is 276 g/mol. The number of ether oxygens (including phenoxy) is 1.